The number of ether oxygens (including phenoxy) is 4. The Morgan fingerprint density at radius 2 is 1.37 bits per heavy atom. The average molecular weight is 1080 g/mol. The first-order valence-corrected chi connectivity index (χ1v) is 26.6. The van der Waals surface area contributed by atoms with Crippen molar-refractivity contribution in [3.05, 3.63) is 91.4 Å². The molecule has 0 unspecified atom stereocenters. The van der Waals surface area contributed by atoms with E-state index < -0.39 is 168 Å². The second kappa shape index (κ2) is 30.4. The molecule has 0 aromatic carbocycles. The summed E-state index contributed by atoms with van der Waals surface area (Å²) < 4.78 is 49.1. The van der Waals surface area contributed by atoms with Crippen molar-refractivity contribution in [2.75, 3.05) is 5.88 Å². The monoisotopic (exact) mass is 1080 g/mol. The Labute approximate surface area is 437 Å². The van der Waals surface area contributed by atoms with E-state index in [4.69, 9.17) is 24.7 Å². The van der Waals surface area contributed by atoms with E-state index in [1.54, 1.807) is 86.8 Å². The molecule has 0 aliphatic carbocycles. The van der Waals surface area contributed by atoms with Crippen molar-refractivity contribution in [2.45, 2.75) is 188 Å². The number of nitrogens with one attached hydrogen (secondary N) is 3. The highest BCUT2D eigenvalue weighted by Gasteiger charge is 2.49. The second-order valence-electron chi connectivity index (χ2n) is 19.4. The summed E-state index contributed by atoms with van der Waals surface area (Å²) in [6.45, 7) is 6.70. The van der Waals surface area contributed by atoms with Gasteiger partial charge in [-0.3, -0.25) is 9.89 Å². The van der Waals surface area contributed by atoms with Crippen molar-refractivity contribution in [1.82, 2.24) is 25.8 Å². The van der Waals surface area contributed by atoms with Gasteiger partial charge in [0.1, 0.15) is 24.4 Å². The van der Waals surface area contributed by atoms with Crippen LogP contribution in [0.15, 0.2) is 96.5 Å². The van der Waals surface area contributed by atoms with Crippen LogP contribution in [0, 0.1) is 11.8 Å². The van der Waals surface area contributed by atoms with E-state index in [1.807, 2.05) is 13.0 Å². The van der Waals surface area contributed by atoms with Gasteiger partial charge in [-0.05, 0) is 33.1 Å². The fourth-order valence-corrected chi connectivity index (χ4v) is 9.47. The van der Waals surface area contributed by atoms with Gasteiger partial charge in [0.05, 0.1) is 85.6 Å². The molecule has 3 aliphatic rings. The number of hydrogen-bond donors (Lipinski definition) is 14. The lowest BCUT2D eigenvalue weighted by Gasteiger charge is -2.46. The molecule has 0 radical (unpaired) electrons. The summed E-state index contributed by atoms with van der Waals surface area (Å²) in [4.78, 5) is 29.6. The summed E-state index contributed by atoms with van der Waals surface area (Å²) in [5, 5.41) is 120. The van der Waals surface area contributed by atoms with Crippen LogP contribution in [0.2, 0.25) is 0 Å². The van der Waals surface area contributed by atoms with E-state index in [-0.39, 0.29) is 31.6 Å². The predicted octanol–water partition coefficient (Wildman–Crippen LogP) is -0.772. The third kappa shape index (κ3) is 20.7. The van der Waals surface area contributed by atoms with Gasteiger partial charge in [0.2, 0.25) is 15.0 Å². The first-order chi connectivity index (χ1) is 35.4. The number of nitrogens with zero attached hydrogens (tertiary/aromatic N) is 2. The van der Waals surface area contributed by atoms with Gasteiger partial charge in [-0.2, -0.15) is 5.10 Å². The van der Waals surface area contributed by atoms with Gasteiger partial charge in [-0.15, -0.1) is 0 Å². The zero-order valence-electron chi connectivity index (χ0n) is 42.5. The SMILES string of the molecule is C[C@@H]1[C@H](O)[C@@H](C)/C=C/C=C/C=C/C=C/C=C/C=C/C=C/[C@H](O[C@@H]2O[C@H](C)[C@@H](O)[C@H](N)[C@@H]2O)C[C@@H]2O[C@](O)(C[C@@H](O)C[C@@H](O)[C@H](O)CC[C@@H](O)C[C@@H](O)CC(=O)O[C@H]1C)C[C@H](O)[C@H]2NC(=O)NCS(=O)(=O)c1ncn[nH]1. The lowest BCUT2D eigenvalue weighted by Crippen LogP contribution is -2.64. The van der Waals surface area contributed by atoms with Gasteiger partial charge in [-0.1, -0.05) is 98.9 Å². The van der Waals surface area contributed by atoms with E-state index >= 15 is 0 Å². The number of aromatic amines is 1. The number of sulfone groups is 1. The molecule has 75 heavy (non-hydrogen) atoms. The molecule has 19 atom stereocenters. The number of aliphatic hydroxyl groups excluding tert-OH is 9. The van der Waals surface area contributed by atoms with Crippen LogP contribution in [0.25, 0.3) is 0 Å². The number of allylic oxidation sites excluding steroid dienone is 12. The number of urea groups is 1. The summed E-state index contributed by atoms with van der Waals surface area (Å²) in [6.07, 6.45) is 3.63. The maximum atomic E-state index is 13.3. The molecule has 3 aliphatic heterocycles. The summed E-state index contributed by atoms with van der Waals surface area (Å²) in [6, 6.07) is -3.70. The fourth-order valence-electron chi connectivity index (χ4n) is 8.61. The minimum atomic E-state index is -4.20. The third-order valence-electron chi connectivity index (χ3n) is 13.1. The van der Waals surface area contributed by atoms with Crippen LogP contribution in [0.3, 0.4) is 0 Å². The van der Waals surface area contributed by atoms with Crippen molar-refractivity contribution >= 4 is 21.8 Å². The maximum absolute atomic E-state index is 13.3. The van der Waals surface area contributed by atoms with Crippen LogP contribution in [0.5, 0.6) is 0 Å². The number of aliphatic hydroxyl groups is 10. The van der Waals surface area contributed by atoms with Gasteiger partial charge in [-0.25, -0.2) is 18.2 Å². The number of nitrogens with two attached hydrogens (primary N) is 1. The predicted molar refractivity (Wildman–Crippen MR) is 270 cm³/mol. The Balaban J connectivity index is 1.61. The number of amides is 2. The van der Waals surface area contributed by atoms with Crippen molar-refractivity contribution < 1.29 is 88.0 Å². The maximum Gasteiger partial charge on any atom is 0.316 e. The Bertz CT molecular complexity index is 2230. The molecule has 2 fully saturated rings. The summed E-state index contributed by atoms with van der Waals surface area (Å²) in [5.74, 6) is -4.86. The molecule has 4 rings (SSSR count). The van der Waals surface area contributed by atoms with Crippen LogP contribution in [0.4, 0.5) is 4.79 Å². The van der Waals surface area contributed by atoms with Crippen molar-refractivity contribution in [2.24, 2.45) is 17.6 Å². The lowest BCUT2D eigenvalue weighted by atomic mass is 9.87. The van der Waals surface area contributed by atoms with Crippen LogP contribution < -0.4 is 16.4 Å². The number of H-pyrrole nitrogens is 1. The minimum absolute atomic E-state index is 0.138. The molecule has 422 valence electrons. The van der Waals surface area contributed by atoms with E-state index in [2.05, 4.69) is 25.8 Å². The highest BCUT2D eigenvalue weighted by atomic mass is 32.2. The lowest BCUT2D eigenvalue weighted by molar-refractivity contribution is -0.303. The molecule has 2 amide bonds. The van der Waals surface area contributed by atoms with Crippen LogP contribution in [0.1, 0.15) is 79.1 Å². The van der Waals surface area contributed by atoms with E-state index in [0.29, 0.717) is 0 Å². The van der Waals surface area contributed by atoms with Gasteiger partial charge >= 0.3 is 12.0 Å². The highest BCUT2D eigenvalue weighted by molar-refractivity contribution is 7.91. The number of carbonyl (C=O) groups is 2. The van der Waals surface area contributed by atoms with E-state index in [0.717, 1.165) is 6.33 Å². The van der Waals surface area contributed by atoms with Crippen molar-refractivity contribution in [1.29, 1.82) is 0 Å². The molecule has 0 saturated carbocycles. The molecule has 15 N–H and O–H groups in total. The zero-order valence-corrected chi connectivity index (χ0v) is 43.4. The fraction of sp³-hybridized carbons (Fsp3) is 0.640. The third-order valence-corrected chi connectivity index (χ3v) is 14.5. The first kappa shape index (κ1) is 63.0. The second-order valence-corrected chi connectivity index (χ2v) is 21.3. The van der Waals surface area contributed by atoms with Gasteiger partial charge in [0.15, 0.2) is 12.1 Å². The van der Waals surface area contributed by atoms with Crippen molar-refractivity contribution in [3.8, 4) is 0 Å². The van der Waals surface area contributed by atoms with Crippen LogP contribution in [-0.4, -0.2) is 196 Å². The van der Waals surface area contributed by atoms with Crippen LogP contribution >= 0.6 is 0 Å². The summed E-state index contributed by atoms with van der Waals surface area (Å²) in [7, 11) is -4.20. The Kier molecular flexibility index (Phi) is 25.5. The van der Waals surface area contributed by atoms with E-state index in [1.165, 1.54) is 13.0 Å². The molecule has 0 spiro atoms. The number of rotatable bonds is 6. The molecule has 1 aromatic rings. The highest BCUT2D eigenvalue weighted by Crippen LogP contribution is 2.35. The van der Waals surface area contributed by atoms with Crippen molar-refractivity contribution in [3.63, 3.8) is 0 Å². The molecule has 25 heteroatoms. The molecular formula is C50H78N6O18S. The molecule has 24 nitrogen and oxygen atoms in total. The standard InChI is InChI=1S/C50H78N6O18S/c1-29-17-15-13-11-9-7-5-6-8-10-12-14-16-18-36(73-47-46(66)42(51)45(65)32(4)72-47)24-40-43(55-48(67)53-28-75(69,70)49-52-27-54-56-49)39(62)26-50(68,74-40)25-35(59)22-38(61)37(60)20-19-33(57)21-34(58)23-41(63)71-31(3)30(2)44(29)64/h5-18,27,29-40,42-47,57-62,64-66,68H,19-26,28,51H2,1-4H3,(H,52,54,56)(H2,53,55,67)/b6-5+,9-7+,10-8+,13-11+,14-12+,17-15+,18-16+/t29-,30-,31-,32+,33+,34+,35-,36-,37+,38+,39-,40-,42-,43+,44+,45+,46-,47-,50+/m0/s1. The summed E-state index contributed by atoms with van der Waals surface area (Å²) in [5.41, 5.74) is 6.09. The molecule has 4 heterocycles. The Morgan fingerprint density at radius 1 is 0.760 bits per heavy atom. The quantitative estimate of drug-likeness (QED) is 0.156. The Morgan fingerprint density at radius 3 is 1.99 bits per heavy atom. The molecule has 2 saturated heterocycles. The summed E-state index contributed by atoms with van der Waals surface area (Å²) >= 11 is 0. The zero-order chi connectivity index (χ0) is 55.5. The number of cyclic esters (lactones) is 1. The first-order valence-electron chi connectivity index (χ1n) is 25.0. The van der Waals surface area contributed by atoms with Gasteiger partial charge < -0.3 is 86.4 Å². The largest absolute Gasteiger partial charge is 0.462 e. The number of aromatic nitrogens is 3. The topological polar surface area (TPSA) is 399 Å². The average Bonchev–Trinajstić information content (AvgIpc) is 3.90. The molecule has 2 bridgehead atoms. The van der Waals surface area contributed by atoms with Gasteiger partial charge in [0, 0.05) is 37.5 Å². The molecule has 1 aromatic heterocycles. The van der Waals surface area contributed by atoms with Gasteiger partial charge in [0.25, 0.3) is 0 Å². The smallest absolute Gasteiger partial charge is 0.316 e. The number of esters is 1. The normalized spacial score (nSPS) is 41.1. The minimum Gasteiger partial charge on any atom is -0.462 e. The Hall–Kier alpha value is -4.55. The van der Waals surface area contributed by atoms with Crippen LogP contribution in [-0.2, 0) is 33.6 Å². The number of carbonyl (C=O) groups excluding carboxylic acids is 2. The molecular weight excluding hydrogens is 1000 g/mol. The number of hydrogen-bond acceptors (Lipinski definition) is 21. The number of fused-ring (bicyclic) bond motifs is 2. The van der Waals surface area contributed by atoms with E-state index in [9.17, 15) is 69.1 Å².